The summed E-state index contributed by atoms with van der Waals surface area (Å²) < 4.78 is 42.5. The largest absolute Gasteiger partial charge is 0.447 e. The molecule has 0 bridgehead atoms. The van der Waals surface area contributed by atoms with Gasteiger partial charge in [-0.2, -0.15) is 13.2 Å². The molecule has 1 N–H and O–H groups in total. The fourth-order valence-electron chi connectivity index (χ4n) is 1.18. The Hall–Kier alpha value is -1.24. The van der Waals surface area contributed by atoms with Gasteiger partial charge >= 0.3 is 12.3 Å². The van der Waals surface area contributed by atoms with E-state index in [1.54, 1.807) is 13.8 Å². The zero-order chi connectivity index (χ0) is 13.9. The van der Waals surface area contributed by atoms with E-state index in [0.29, 0.717) is 0 Å². The van der Waals surface area contributed by atoms with E-state index in [4.69, 9.17) is 4.74 Å². The minimum atomic E-state index is -4.49. The molecule has 0 aliphatic carbocycles. The smallest absolute Gasteiger partial charge is 0.417 e. The summed E-state index contributed by atoms with van der Waals surface area (Å²) in [6.07, 6.45) is -5.62. The lowest BCUT2D eigenvalue weighted by Gasteiger charge is -2.13. The van der Waals surface area contributed by atoms with Crippen LogP contribution in [0.2, 0.25) is 0 Å². The summed E-state index contributed by atoms with van der Waals surface area (Å²) in [5, 5.41) is 2.23. The highest BCUT2D eigenvalue weighted by Gasteiger charge is 2.33. The summed E-state index contributed by atoms with van der Waals surface area (Å²) in [5.41, 5.74) is -0.832. The number of halogens is 4. The van der Waals surface area contributed by atoms with Crippen molar-refractivity contribution >= 4 is 27.7 Å². The normalized spacial score (nSPS) is 11.5. The number of carbonyl (C=O) groups is 1. The molecule has 100 valence electrons. The number of carbonyl (C=O) groups excluding carboxylic acids is 1. The maximum Gasteiger partial charge on any atom is 0.417 e. The summed E-state index contributed by atoms with van der Waals surface area (Å²) >= 11 is 2.81. The maximum atomic E-state index is 12.6. The molecule has 3 nitrogen and oxygen atoms in total. The molecule has 1 aromatic rings. The van der Waals surface area contributed by atoms with E-state index in [0.717, 1.165) is 6.07 Å². The van der Waals surface area contributed by atoms with Crippen molar-refractivity contribution in [3.63, 3.8) is 0 Å². The van der Waals surface area contributed by atoms with Crippen molar-refractivity contribution in [2.75, 3.05) is 5.32 Å². The first kappa shape index (κ1) is 14.8. The molecule has 0 heterocycles. The van der Waals surface area contributed by atoms with Gasteiger partial charge in [-0.25, -0.2) is 4.79 Å². The van der Waals surface area contributed by atoms with Crippen LogP contribution in [0.25, 0.3) is 0 Å². The van der Waals surface area contributed by atoms with Crippen LogP contribution in [0.1, 0.15) is 19.4 Å². The molecule has 1 rings (SSSR count). The summed E-state index contributed by atoms with van der Waals surface area (Å²) in [4.78, 5) is 11.2. The number of nitrogens with one attached hydrogen (secondary N) is 1. The van der Waals surface area contributed by atoms with E-state index in [-0.39, 0.29) is 16.3 Å². The standard InChI is InChI=1S/C11H11BrF3NO2/c1-6(2)18-10(17)16-7-3-4-9(12)8(5-7)11(13,14)15/h3-6H,1-2H3,(H,16,17). The molecule has 0 aromatic heterocycles. The lowest BCUT2D eigenvalue weighted by Crippen LogP contribution is -2.18. The summed E-state index contributed by atoms with van der Waals surface area (Å²) in [7, 11) is 0. The van der Waals surface area contributed by atoms with E-state index >= 15 is 0 Å². The minimum Gasteiger partial charge on any atom is -0.447 e. The van der Waals surface area contributed by atoms with Crippen LogP contribution in [0.5, 0.6) is 0 Å². The second-order valence-corrected chi connectivity index (χ2v) is 4.63. The van der Waals surface area contributed by atoms with Crippen molar-refractivity contribution in [3.05, 3.63) is 28.2 Å². The molecule has 1 aromatic carbocycles. The van der Waals surface area contributed by atoms with Crippen molar-refractivity contribution < 1.29 is 22.7 Å². The van der Waals surface area contributed by atoms with Gasteiger partial charge in [0.15, 0.2) is 0 Å². The summed E-state index contributed by atoms with van der Waals surface area (Å²) in [5.74, 6) is 0. The molecule has 0 spiro atoms. The number of hydrogen-bond donors (Lipinski definition) is 1. The Balaban J connectivity index is 2.89. The van der Waals surface area contributed by atoms with Crippen molar-refractivity contribution in [2.45, 2.75) is 26.1 Å². The fraction of sp³-hybridized carbons (Fsp3) is 0.364. The van der Waals surface area contributed by atoms with Gasteiger partial charge in [0.25, 0.3) is 0 Å². The van der Waals surface area contributed by atoms with Crippen LogP contribution in [0.15, 0.2) is 22.7 Å². The number of hydrogen-bond acceptors (Lipinski definition) is 2. The van der Waals surface area contributed by atoms with Crippen LogP contribution < -0.4 is 5.32 Å². The molecule has 7 heteroatoms. The van der Waals surface area contributed by atoms with Crippen molar-refractivity contribution in [1.29, 1.82) is 0 Å². The summed E-state index contributed by atoms with van der Waals surface area (Å²) in [6, 6.07) is 3.40. The first-order valence-electron chi connectivity index (χ1n) is 5.04. The molecule has 0 atom stereocenters. The lowest BCUT2D eigenvalue weighted by atomic mass is 10.2. The van der Waals surface area contributed by atoms with E-state index in [1.165, 1.54) is 12.1 Å². The molecule has 18 heavy (non-hydrogen) atoms. The average Bonchev–Trinajstić information content (AvgIpc) is 2.17. The van der Waals surface area contributed by atoms with Crippen LogP contribution in [0.3, 0.4) is 0 Å². The predicted octanol–water partition coefficient (Wildman–Crippen LogP) is 4.42. The molecular formula is C11H11BrF3NO2. The molecular weight excluding hydrogens is 315 g/mol. The molecule has 0 aliphatic rings. The van der Waals surface area contributed by atoms with E-state index in [9.17, 15) is 18.0 Å². The third kappa shape index (κ3) is 4.21. The lowest BCUT2D eigenvalue weighted by molar-refractivity contribution is -0.138. The van der Waals surface area contributed by atoms with Gasteiger partial charge in [-0.05, 0) is 32.0 Å². The number of ether oxygens (including phenoxy) is 1. The first-order valence-corrected chi connectivity index (χ1v) is 5.84. The predicted molar refractivity (Wildman–Crippen MR) is 64.4 cm³/mol. The van der Waals surface area contributed by atoms with Crippen LogP contribution >= 0.6 is 15.9 Å². The van der Waals surface area contributed by atoms with Gasteiger partial charge < -0.3 is 4.74 Å². The molecule has 0 fully saturated rings. The molecule has 0 unspecified atom stereocenters. The van der Waals surface area contributed by atoms with E-state index in [1.807, 2.05) is 0 Å². The Labute approximate surface area is 110 Å². The molecule has 0 saturated heterocycles. The van der Waals surface area contributed by atoms with Gasteiger partial charge in [-0.15, -0.1) is 0 Å². The molecule has 1 amide bonds. The molecule has 0 aliphatic heterocycles. The Morgan fingerprint density at radius 3 is 2.50 bits per heavy atom. The number of anilines is 1. The first-order chi connectivity index (χ1) is 8.20. The number of rotatable bonds is 2. The molecule has 0 radical (unpaired) electrons. The topological polar surface area (TPSA) is 38.3 Å². The van der Waals surface area contributed by atoms with E-state index in [2.05, 4.69) is 21.2 Å². The third-order valence-electron chi connectivity index (χ3n) is 1.86. The van der Waals surface area contributed by atoms with Crippen LogP contribution in [-0.4, -0.2) is 12.2 Å². The Morgan fingerprint density at radius 2 is 2.00 bits per heavy atom. The summed E-state index contributed by atoms with van der Waals surface area (Å²) in [6.45, 7) is 3.28. The van der Waals surface area contributed by atoms with Crippen LogP contribution in [-0.2, 0) is 10.9 Å². The highest BCUT2D eigenvalue weighted by molar-refractivity contribution is 9.10. The Kier molecular flexibility index (Phi) is 4.61. The second-order valence-electron chi connectivity index (χ2n) is 3.77. The number of alkyl halides is 3. The maximum absolute atomic E-state index is 12.6. The van der Waals surface area contributed by atoms with E-state index < -0.39 is 17.8 Å². The Bertz CT molecular complexity index is 446. The number of benzene rings is 1. The van der Waals surface area contributed by atoms with Gasteiger partial charge in [0.05, 0.1) is 11.7 Å². The van der Waals surface area contributed by atoms with Crippen LogP contribution in [0.4, 0.5) is 23.7 Å². The Morgan fingerprint density at radius 1 is 1.39 bits per heavy atom. The van der Waals surface area contributed by atoms with Gasteiger partial charge in [-0.1, -0.05) is 15.9 Å². The van der Waals surface area contributed by atoms with Crippen molar-refractivity contribution in [2.24, 2.45) is 0 Å². The van der Waals surface area contributed by atoms with Gasteiger partial charge in [-0.3, -0.25) is 5.32 Å². The average molecular weight is 326 g/mol. The highest BCUT2D eigenvalue weighted by atomic mass is 79.9. The number of amides is 1. The van der Waals surface area contributed by atoms with Gasteiger partial charge in [0.2, 0.25) is 0 Å². The SMILES string of the molecule is CC(C)OC(=O)Nc1ccc(Br)c(C(F)(F)F)c1. The van der Waals surface area contributed by atoms with Crippen molar-refractivity contribution in [1.82, 2.24) is 0 Å². The molecule has 0 saturated carbocycles. The minimum absolute atomic E-state index is 0.0242. The third-order valence-corrected chi connectivity index (χ3v) is 2.55. The monoisotopic (exact) mass is 325 g/mol. The van der Waals surface area contributed by atoms with Gasteiger partial charge in [0.1, 0.15) is 0 Å². The fourth-order valence-corrected chi connectivity index (χ4v) is 1.65. The second kappa shape index (κ2) is 5.60. The zero-order valence-corrected chi connectivity index (χ0v) is 11.2. The quantitative estimate of drug-likeness (QED) is 0.873. The van der Waals surface area contributed by atoms with Gasteiger partial charge in [0, 0.05) is 10.2 Å². The van der Waals surface area contributed by atoms with Crippen molar-refractivity contribution in [3.8, 4) is 0 Å². The highest BCUT2D eigenvalue weighted by Crippen LogP contribution is 2.36. The van der Waals surface area contributed by atoms with Crippen LogP contribution in [0, 0.1) is 0 Å². The zero-order valence-electron chi connectivity index (χ0n) is 9.64.